The second kappa shape index (κ2) is 12.1. The predicted molar refractivity (Wildman–Crippen MR) is 115 cm³/mol. The van der Waals surface area contributed by atoms with E-state index in [1.54, 1.807) is 0 Å². The molecule has 0 bridgehead atoms. The van der Waals surface area contributed by atoms with Crippen LogP contribution in [0.25, 0.3) is 0 Å². The van der Waals surface area contributed by atoms with Gasteiger partial charge in [-0.25, -0.2) is 0 Å². The summed E-state index contributed by atoms with van der Waals surface area (Å²) in [5.74, 6) is 0.284. The maximum absolute atomic E-state index is 9.25. The Morgan fingerprint density at radius 1 is 1.12 bits per heavy atom. The zero-order valence-corrected chi connectivity index (χ0v) is 18.4. The summed E-state index contributed by atoms with van der Waals surface area (Å²) in [5.41, 5.74) is 2.42. The van der Waals surface area contributed by atoms with E-state index in [-0.39, 0.29) is 5.88 Å². The first kappa shape index (κ1) is 21.9. The van der Waals surface area contributed by atoms with Gasteiger partial charge in [-0.15, -0.1) is 11.6 Å². The predicted octanol–water partition coefficient (Wildman–Crippen LogP) is 4.57. The molecule has 0 aliphatic carbocycles. The lowest BCUT2D eigenvalue weighted by Gasteiger charge is -2.23. The number of aliphatic hydroxyl groups excluding tert-OH is 1. The van der Waals surface area contributed by atoms with Crippen molar-refractivity contribution >= 4 is 43.5 Å². The zero-order valence-electron chi connectivity index (χ0n) is 14.5. The fourth-order valence-corrected chi connectivity index (χ4v) is 3.67. The van der Waals surface area contributed by atoms with Crippen molar-refractivity contribution in [2.45, 2.75) is 25.0 Å². The molecular formula is C20H24Br2ClNO2. The summed E-state index contributed by atoms with van der Waals surface area (Å²) in [6, 6.07) is 16.3. The molecule has 2 N–H and O–H groups in total. The lowest BCUT2D eigenvalue weighted by atomic mass is 10.1. The van der Waals surface area contributed by atoms with E-state index in [4.69, 9.17) is 16.3 Å². The van der Waals surface area contributed by atoms with Crippen molar-refractivity contribution in [2.24, 2.45) is 0 Å². The molecule has 26 heavy (non-hydrogen) atoms. The highest BCUT2D eigenvalue weighted by atomic mass is 79.9. The molecule has 1 heterocycles. The molecule has 1 fully saturated rings. The lowest BCUT2D eigenvalue weighted by molar-refractivity contribution is 0.0292. The monoisotopic (exact) mass is 503 g/mol. The highest BCUT2D eigenvalue weighted by Crippen LogP contribution is 2.15. The van der Waals surface area contributed by atoms with Crippen LogP contribution >= 0.6 is 43.5 Å². The van der Waals surface area contributed by atoms with Gasteiger partial charge in [0.15, 0.2) is 0 Å². The third kappa shape index (κ3) is 8.51. The van der Waals surface area contributed by atoms with E-state index < -0.39 is 6.10 Å². The van der Waals surface area contributed by atoms with Crippen LogP contribution in [0.1, 0.15) is 11.1 Å². The van der Waals surface area contributed by atoms with E-state index in [0.29, 0.717) is 12.5 Å². The van der Waals surface area contributed by atoms with Crippen LogP contribution in [-0.4, -0.2) is 42.9 Å². The maximum Gasteiger partial charge on any atom is 0.0740 e. The molecule has 0 radical (unpaired) electrons. The van der Waals surface area contributed by atoms with E-state index >= 15 is 0 Å². The number of benzene rings is 2. The van der Waals surface area contributed by atoms with Gasteiger partial charge in [-0.2, -0.15) is 0 Å². The molecule has 0 spiro atoms. The fraction of sp³-hybridized carbons (Fsp3) is 0.400. The van der Waals surface area contributed by atoms with E-state index in [1.165, 1.54) is 5.56 Å². The van der Waals surface area contributed by atoms with Gasteiger partial charge in [-0.05, 0) is 48.2 Å². The molecule has 0 saturated carbocycles. The molecule has 0 aromatic heterocycles. The highest BCUT2D eigenvalue weighted by Gasteiger charge is 2.13. The van der Waals surface area contributed by atoms with E-state index in [9.17, 15) is 5.11 Å². The van der Waals surface area contributed by atoms with Gasteiger partial charge in [0, 0.05) is 27.9 Å². The highest BCUT2D eigenvalue weighted by molar-refractivity contribution is 9.10. The number of alkyl halides is 1. The van der Waals surface area contributed by atoms with Crippen LogP contribution in [0.15, 0.2) is 57.5 Å². The van der Waals surface area contributed by atoms with Crippen LogP contribution < -0.4 is 5.32 Å². The van der Waals surface area contributed by atoms with Gasteiger partial charge in [0.2, 0.25) is 0 Å². The van der Waals surface area contributed by atoms with E-state index in [1.807, 2.05) is 30.3 Å². The molecule has 0 amide bonds. The standard InChI is InChI=1S/C11H14BrNO.C9H10BrClO/c12-10-3-1-2-9(6-10)7-11-8-13-4-5-14-11;10-8-3-1-2-7(4-8)5-9(12)6-11/h1-3,6,11,13H,4-5,7-8H2;1-4,9,12H,5-6H2/t11-;/m1./s1. The van der Waals surface area contributed by atoms with Gasteiger partial charge in [-0.3, -0.25) is 0 Å². The fourth-order valence-electron chi connectivity index (χ4n) is 2.67. The number of morpholine rings is 1. The van der Waals surface area contributed by atoms with Crippen LogP contribution in [0.2, 0.25) is 0 Å². The number of halogens is 3. The Kier molecular flexibility index (Phi) is 10.2. The van der Waals surface area contributed by atoms with Gasteiger partial charge >= 0.3 is 0 Å². The number of rotatable bonds is 5. The number of hydrogen-bond donors (Lipinski definition) is 2. The molecule has 1 aliphatic rings. The Morgan fingerprint density at radius 3 is 2.35 bits per heavy atom. The van der Waals surface area contributed by atoms with Crippen LogP contribution in [0.4, 0.5) is 0 Å². The summed E-state index contributed by atoms with van der Waals surface area (Å²) in [6.07, 6.45) is 1.49. The topological polar surface area (TPSA) is 41.5 Å². The maximum atomic E-state index is 9.25. The van der Waals surface area contributed by atoms with Gasteiger partial charge in [0.05, 0.1) is 18.8 Å². The van der Waals surface area contributed by atoms with Crippen LogP contribution in [0.5, 0.6) is 0 Å². The SMILES string of the molecule is Brc1cccc(C[C@@H]2CNCCO2)c1.OC(CCl)Cc1cccc(Br)c1. The third-order valence-corrected chi connectivity index (χ3v) is 5.24. The van der Waals surface area contributed by atoms with E-state index in [0.717, 1.165) is 40.6 Å². The summed E-state index contributed by atoms with van der Waals surface area (Å²) in [7, 11) is 0. The average molecular weight is 506 g/mol. The molecule has 1 unspecified atom stereocenters. The number of aliphatic hydroxyl groups is 1. The van der Waals surface area contributed by atoms with Crippen molar-refractivity contribution in [1.82, 2.24) is 5.32 Å². The van der Waals surface area contributed by atoms with Gasteiger partial charge in [0.25, 0.3) is 0 Å². The first-order valence-electron chi connectivity index (χ1n) is 8.62. The van der Waals surface area contributed by atoms with Crippen LogP contribution in [0.3, 0.4) is 0 Å². The van der Waals surface area contributed by atoms with Crippen LogP contribution in [-0.2, 0) is 17.6 Å². The number of ether oxygens (including phenoxy) is 1. The molecule has 2 atom stereocenters. The average Bonchev–Trinajstić information content (AvgIpc) is 2.63. The minimum absolute atomic E-state index is 0.284. The van der Waals surface area contributed by atoms with Gasteiger partial charge < -0.3 is 15.2 Å². The van der Waals surface area contributed by atoms with Crippen molar-refractivity contribution in [3.8, 4) is 0 Å². The Hall–Kier alpha value is -0.430. The summed E-state index contributed by atoms with van der Waals surface area (Å²) < 4.78 is 7.81. The molecule has 2 aromatic rings. The largest absolute Gasteiger partial charge is 0.392 e. The molecule has 1 aliphatic heterocycles. The molecule has 6 heteroatoms. The minimum Gasteiger partial charge on any atom is -0.392 e. The molecule has 142 valence electrons. The minimum atomic E-state index is -0.444. The second-order valence-corrected chi connectivity index (χ2v) is 8.31. The smallest absolute Gasteiger partial charge is 0.0740 e. The summed E-state index contributed by atoms with van der Waals surface area (Å²) in [5, 5.41) is 12.6. The normalized spacial score (nSPS) is 17.9. The molecule has 2 aromatic carbocycles. The Labute approximate surface area is 177 Å². The van der Waals surface area contributed by atoms with Crippen molar-refractivity contribution in [3.63, 3.8) is 0 Å². The first-order chi connectivity index (χ1) is 12.6. The first-order valence-corrected chi connectivity index (χ1v) is 10.7. The van der Waals surface area contributed by atoms with Gasteiger partial charge in [0.1, 0.15) is 0 Å². The quantitative estimate of drug-likeness (QED) is 0.585. The molecular weight excluding hydrogens is 481 g/mol. The Bertz CT molecular complexity index is 666. The second-order valence-electron chi connectivity index (χ2n) is 6.17. The van der Waals surface area contributed by atoms with Crippen molar-refractivity contribution < 1.29 is 9.84 Å². The molecule has 1 saturated heterocycles. The third-order valence-electron chi connectivity index (χ3n) is 3.90. The van der Waals surface area contributed by atoms with Crippen molar-refractivity contribution in [1.29, 1.82) is 0 Å². The lowest BCUT2D eigenvalue weighted by Crippen LogP contribution is -2.39. The summed E-state index contributed by atoms with van der Waals surface area (Å²) >= 11 is 12.3. The van der Waals surface area contributed by atoms with Crippen molar-refractivity contribution in [3.05, 3.63) is 68.6 Å². The molecule has 3 nitrogen and oxygen atoms in total. The Morgan fingerprint density at radius 2 is 1.77 bits per heavy atom. The molecule has 3 rings (SSSR count). The summed E-state index contributed by atoms with van der Waals surface area (Å²) in [6.45, 7) is 2.78. The Balaban J connectivity index is 0.000000190. The zero-order chi connectivity index (χ0) is 18.8. The number of hydrogen-bond acceptors (Lipinski definition) is 3. The van der Waals surface area contributed by atoms with E-state index in [2.05, 4.69) is 55.4 Å². The number of nitrogens with one attached hydrogen (secondary N) is 1. The summed E-state index contributed by atoms with van der Waals surface area (Å²) in [4.78, 5) is 0. The van der Waals surface area contributed by atoms with Crippen LogP contribution in [0, 0.1) is 0 Å². The van der Waals surface area contributed by atoms with Crippen molar-refractivity contribution in [2.75, 3.05) is 25.6 Å². The van der Waals surface area contributed by atoms with Gasteiger partial charge in [-0.1, -0.05) is 56.1 Å².